The molecule has 0 aromatic carbocycles. The zero-order chi connectivity index (χ0) is 9.35. The molecular formula is C8H15ClO3. The van der Waals surface area contributed by atoms with E-state index in [-0.39, 0.29) is 12.7 Å². The lowest BCUT2D eigenvalue weighted by Gasteiger charge is -2.24. The highest BCUT2D eigenvalue weighted by Crippen LogP contribution is 2.37. The summed E-state index contributed by atoms with van der Waals surface area (Å²) in [5.41, 5.74) is 0. The van der Waals surface area contributed by atoms with E-state index in [9.17, 15) is 5.11 Å². The Labute approximate surface area is 77.3 Å². The minimum absolute atomic E-state index is 0.175. The van der Waals surface area contributed by atoms with Crippen LogP contribution in [-0.4, -0.2) is 40.0 Å². The van der Waals surface area contributed by atoms with E-state index in [1.54, 1.807) is 6.92 Å². The van der Waals surface area contributed by atoms with Crippen LogP contribution in [-0.2, 0) is 4.74 Å². The van der Waals surface area contributed by atoms with Crippen LogP contribution in [0.4, 0.5) is 0 Å². The molecule has 4 atom stereocenters. The molecular weight excluding hydrogens is 180 g/mol. The van der Waals surface area contributed by atoms with E-state index in [4.69, 9.17) is 21.4 Å². The number of hydrogen-bond acceptors (Lipinski definition) is 3. The third-order valence-corrected chi connectivity index (χ3v) is 2.92. The van der Waals surface area contributed by atoms with Gasteiger partial charge in [0.05, 0.1) is 17.6 Å². The van der Waals surface area contributed by atoms with Crippen molar-refractivity contribution in [1.82, 2.24) is 0 Å². The molecule has 0 aliphatic carbocycles. The molecule has 0 amide bonds. The molecule has 0 saturated carbocycles. The fourth-order valence-electron chi connectivity index (χ4n) is 1.61. The summed E-state index contributed by atoms with van der Waals surface area (Å²) < 4.78 is 5.36. The summed E-state index contributed by atoms with van der Waals surface area (Å²) in [7, 11) is 0. The molecule has 1 rings (SSSR count). The second-order valence-electron chi connectivity index (χ2n) is 3.35. The molecule has 0 aromatic rings. The van der Waals surface area contributed by atoms with Crippen LogP contribution in [0.2, 0.25) is 0 Å². The van der Waals surface area contributed by atoms with Gasteiger partial charge in [0.25, 0.3) is 0 Å². The number of halogens is 1. The number of rotatable bonds is 2. The van der Waals surface area contributed by atoms with E-state index in [0.29, 0.717) is 0 Å². The fourth-order valence-corrected chi connectivity index (χ4v) is 1.96. The molecule has 4 heteroatoms. The minimum atomic E-state index is -0.783. The Balaban J connectivity index is 2.73. The minimum Gasteiger partial charge on any atom is -0.394 e. The molecule has 0 bridgehead atoms. The van der Waals surface area contributed by atoms with Crippen molar-refractivity contribution in [1.29, 1.82) is 0 Å². The summed E-state index contributed by atoms with van der Waals surface area (Å²) in [5, 5.41) is 18.4. The van der Waals surface area contributed by atoms with Crippen LogP contribution in [0.15, 0.2) is 0 Å². The van der Waals surface area contributed by atoms with Crippen LogP contribution in [0.1, 0.15) is 20.3 Å². The van der Waals surface area contributed by atoms with E-state index in [1.165, 1.54) is 0 Å². The summed E-state index contributed by atoms with van der Waals surface area (Å²) in [4.78, 5) is -0.762. The zero-order valence-corrected chi connectivity index (χ0v) is 8.08. The molecule has 0 spiro atoms. The van der Waals surface area contributed by atoms with Crippen LogP contribution in [0.3, 0.4) is 0 Å². The number of aliphatic hydroxyl groups excluding tert-OH is 2. The predicted molar refractivity (Wildman–Crippen MR) is 46.3 cm³/mol. The predicted octanol–water partition coefficient (Wildman–Crippen LogP) is 0.515. The van der Waals surface area contributed by atoms with Gasteiger partial charge in [0.2, 0.25) is 0 Å². The lowest BCUT2D eigenvalue weighted by Crippen LogP contribution is -2.40. The number of hydrogen-bond donors (Lipinski definition) is 2. The largest absolute Gasteiger partial charge is 0.394 e. The molecule has 3 nitrogen and oxygen atoms in total. The summed E-state index contributed by atoms with van der Waals surface area (Å²) in [5.74, 6) is 0. The van der Waals surface area contributed by atoms with E-state index in [2.05, 4.69) is 0 Å². The van der Waals surface area contributed by atoms with Crippen molar-refractivity contribution in [3.63, 3.8) is 0 Å². The first-order chi connectivity index (χ1) is 5.54. The van der Waals surface area contributed by atoms with E-state index >= 15 is 0 Å². The molecule has 1 heterocycles. The second kappa shape index (κ2) is 3.50. The Morgan fingerprint density at radius 1 is 1.58 bits per heavy atom. The average molecular weight is 195 g/mol. The number of aliphatic hydroxyl groups is 2. The van der Waals surface area contributed by atoms with Crippen LogP contribution in [0, 0.1) is 0 Å². The van der Waals surface area contributed by atoms with Crippen molar-refractivity contribution in [2.45, 2.75) is 43.5 Å². The monoisotopic (exact) mass is 194 g/mol. The van der Waals surface area contributed by atoms with Gasteiger partial charge in [0, 0.05) is 0 Å². The Morgan fingerprint density at radius 3 is 2.42 bits per heavy atom. The molecule has 0 radical (unpaired) electrons. The molecule has 1 saturated heterocycles. The molecule has 1 fully saturated rings. The van der Waals surface area contributed by atoms with Gasteiger partial charge in [-0.15, -0.1) is 11.6 Å². The molecule has 12 heavy (non-hydrogen) atoms. The van der Waals surface area contributed by atoms with Crippen molar-refractivity contribution in [3.8, 4) is 0 Å². The Bertz CT molecular complexity index is 156. The van der Waals surface area contributed by atoms with Crippen molar-refractivity contribution < 1.29 is 14.9 Å². The van der Waals surface area contributed by atoms with Crippen molar-refractivity contribution in [2.75, 3.05) is 6.61 Å². The first kappa shape index (κ1) is 10.3. The van der Waals surface area contributed by atoms with E-state index < -0.39 is 17.1 Å². The van der Waals surface area contributed by atoms with Crippen molar-refractivity contribution in [3.05, 3.63) is 0 Å². The highest BCUT2D eigenvalue weighted by molar-refractivity contribution is 6.24. The smallest absolute Gasteiger partial charge is 0.109 e. The van der Waals surface area contributed by atoms with E-state index in [0.717, 1.165) is 6.42 Å². The van der Waals surface area contributed by atoms with Crippen molar-refractivity contribution >= 4 is 11.6 Å². The average Bonchev–Trinajstić information content (AvgIpc) is 2.25. The summed E-state index contributed by atoms with van der Waals surface area (Å²) in [6, 6.07) is 0. The summed E-state index contributed by atoms with van der Waals surface area (Å²) >= 11 is 6.07. The lowest BCUT2D eigenvalue weighted by atomic mass is 9.96. The van der Waals surface area contributed by atoms with Gasteiger partial charge in [-0.05, 0) is 13.3 Å². The highest BCUT2D eigenvalue weighted by atomic mass is 35.5. The van der Waals surface area contributed by atoms with Crippen LogP contribution in [0.25, 0.3) is 0 Å². The van der Waals surface area contributed by atoms with Crippen LogP contribution >= 0.6 is 11.6 Å². The summed E-state index contributed by atoms with van der Waals surface area (Å²) in [6.07, 6.45) is -0.744. The SMILES string of the molecule is CC[C@@H]1OC(CO)C(O)[C@@]1(C)Cl. The summed E-state index contributed by atoms with van der Waals surface area (Å²) in [6.45, 7) is 3.50. The van der Waals surface area contributed by atoms with Gasteiger partial charge in [-0.25, -0.2) is 0 Å². The molecule has 1 aliphatic heterocycles. The third kappa shape index (κ3) is 1.46. The first-order valence-electron chi connectivity index (χ1n) is 4.17. The molecule has 2 unspecified atom stereocenters. The van der Waals surface area contributed by atoms with Crippen LogP contribution in [0.5, 0.6) is 0 Å². The first-order valence-corrected chi connectivity index (χ1v) is 4.55. The highest BCUT2D eigenvalue weighted by Gasteiger charge is 2.50. The topological polar surface area (TPSA) is 49.7 Å². The van der Waals surface area contributed by atoms with E-state index in [1.807, 2.05) is 6.92 Å². The number of alkyl halides is 1. The quantitative estimate of drug-likeness (QED) is 0.630. The maximum atomic E-state index is 9.60. The Kier molecular flexibility index (Phi) is 2.99. The van der Waals surface area contributed by atoms with Gasteiger partial charge < -0.3 is 14.9 Å². The van der Waals surface area contributed by atoms with Gasteiger partial charge in [-0.1, -0.05) is 6.92 Å². The normalized spacial score (nSPS) is 48.2. The maximum absolute atomic E-state index is 9.60. The van der Waals surface area contributed by atoms with Gasteiger partial charge >= 0.3 is 0 Å². The number of ether oxygens (including phenoxy) is 1. The molecule has 72 valence electrons. The molecule has 2 N–H and O–H groups in total. The lowest BCUT2D eigenvalue weighted by molar-refractivity contribution is -0.0224. The zero-order valence-electron chi connectivity index (χ0n) is 7.33. The Hall–Kier alpha value is 0.170. The second-order valence-corrected chi connectivity index (χ2v) is 4.16. The standard InChI is InChI=1S/C8H15ClO3/c1-3-6-8(2,9)7(11)5(4-10)12-6/h5-7,10-11H,3-4H2,1-2H3/t5?,6-,7?,8-/m0/s1. The van der Waals surface area contributed by atoms with Gasteiger partial charge in [0.15, 0.2) is 0 Å². The maximum Gasteiger partial charge on any atom is 0.109 e. The Morgan fingerprint density at radius 2 is 2.17 bits per heavy atom. The third-order valence-electron chi connectivity index (χ3n) is 2.45. The van der Waals surface area contributed by atoms with Crippen LogP contribution < -0.4 is 0 Å². The fraction of sp³-hybridized carbons (Fsp3) is 1.00. The molecule has 1 aliphatic rings. The molecule has 0 aromatic heterocycles. The van der Waals surface area contributed by atoms with Gasteiger partial charge in [-0.3, -0.25) is 0 Å². The van der Waals surface area contributed by atoms with Gasteiger partial charge in [-0.2, -0.15) is 0 Å². The van der Waals surface area contributed by atoms with Crippen molar-refractivity contribution in [2.24, 2.45) is 0 Å². The van der Waals surface area contributed by atoms with Gasteiger partial charge in [0.1, 0.15) is 12.2 Å².